The van der Waals surface area contributed by atoms with Gasteiger partial charge in [0.2, 0.25) is 5.91 Å². The summed E-state index contributed by atoms with van der Waals surface area (Å²) in [4.78, 5) is 11.8. The van der Waals surface area contributed by atoms with Gasteiger partial charge in [-0.1, -0.05) is 19.9 Å². The van der Waals surface area contributed by atoms with Crippen molar-refractivity contribution in [1.82, 2.24) is 5.32 Å². The van der Waals surface area contributed by atoms with E-state index in [1.165, 1.54) is 19.2 Å². The summed E-state index contributed by atoms with van der Waals surface area (Å²) in [5.41, 5.74) is 6.38. The largest absolute Gasteiger partial charge is 0.493 e. The highest BCUT2D eigenvalue weighted by atomic mass is 35.5. The number of amides is 1. The first kappa shape index (κ1) is 22.3. The highest BCUT2D eigenvalue weighted by Crippen LogP contribution is 2.29. The van der Waals surface area contributed by atoms with E-state index in [1.807, 2.05) is 13.8 Å². The van der Waals surface area contributed by atoms with Crippen LogP contribution >= 0.6 is 12.4 Å². The molecule has 0 fully saturated rings. The number of hydrogen-bond acceptors (Lipinski definition) is 4. The Hall–Kier alpha value is -1.67. The molecule has 0 heterocycles. The van der Waals surface area contributed by atoms with Gasteiger partial charge in [0.05, 0.1) is 13.2 Å². The van der Waals surface area contributed by atoms with Crippen LogP contribution in [0.1, 0.15) is 19.4 Å². The van der Waals surface area contributed by atoms with Crippen LogP contribution in [0.3, 0.4) is 0 Å². The molecule has 1 rings (SSSR count). The third-order valence-corrected chi connectivity index (χ3v) is 3.11. The van der Waals surface area contributed by atoms with Crippen LogP contribution in [0.25, 0.3) is 0 Å². The second kappa shape index (κ2) is 9.58. The summed E-state index contributed by atoms with van der Waals surface area (Å²) in [5.74, 6) is -0.146. The summed E-state index contributed by atoms with van der Waals surface area (Å²) in [5, 5.41) is 2.67. The van der Waals surface area contributed by atoms with Gasteiger partial charge in [0.15, 0.2) is 18.1 Å². The summed E-state index contributed by atoms with van der Waals surface area (Å²) < 4.78 is 46.2. The molecule has 1 aromatic rings. The van der Waals surface area contributed by atoms with Gasteiger partial charge in [-0.3, -0.25) is 4.79 Å². The van der Waals surface area contributed by atoms with E-state index in [-0.39, 0.29) is 42.3 Å². The number of alkyl halides is 3. The zero-order valence-corrected chi connectivity index (χ0v) is 14.5. The Bertz CT molecular complexity index is 539. The summed E-state index contributed by atoms with van der Waals surface area (Å²) in [6.07, 6.45) is -4.43. The SMILES string of the molecule is COc1cc(CNC(=O)[C@@H](N)C(C)C)ccc1OCC(F)(F)F.Cl. The predicted octanol–water partition coefficient (Wildman–Crippen LogP) is 2.66. The molecule has 0 radical (unpaired) electrons. The molecule has 0 spiro atoms. The second-order valence-corrected chi connectivity index (χ2v) is 5.38. The maximum atomic E-state index is 12.2. The lowest BCUT2D eigenvalue weighted by Gasteiger charge is -2.16. The zero-order chi connectivity index (χ0) is 17.6. The molecule has 138 valence electrons. The number of carbonyl (C=O) groups excluding carboxylic acids is 1. The summed E-state index contributed by atoms with van der Waals surface area (Å²) >= 11 is 0. The summed E-state index contributed by atoms with van der Waals surface area (Å²) in [7, 11) is 1.33. The van der Waals surface area contributed by atoms with E-state index >= 15 is 0 Å². The van der Waals surface area contributed by atoms with E-state index in [9.17, 15) is 18.0 Å². The quantitative estimate of drug-likeness (QED) is 0.774. The maximum absolute atomic E-state index is 12.2. The van der Waals surface area contributed by atoms with Crippen LogP contribution in [-0.2, 0) is 11.3 Å². The monoisotopic (exact) mass is 370 g/mol. The van der Waals surface area contributed by atoms with Gasteiger partial charge in [-0.2, -0.15) is 13.2 Å². The van der Waals surface area contributed by atoms with Crippen molar-refractivity contribution in [3.05, 3.63) is 23.8 Å². The van der Waals surface area contributed by atoms with Crippen LogP contribution in [-0.4, -0.2) is 31.8 Å². The van der Waals surface area contributed by atoms with Crippen LogP contribution in [0.2, 0.25) is 0 Å². The molecule has 9 heteroatoms. The number of carbonyl (C=O) groups is 1. The fraction of sp³-hybridized carbons (Fsp3) is 0.533. The van der Waals surface area contributed by atoms with Gasteiger partial charge in [0, 0.05) is 6.54 Å². The van der Waals surface area contributed by atoms with Crippen LogP contribution in [0, 0.1) is 5.92 Å². The fourth-order valence-electron chi connectivity index (χ4n) is 1.71. The molecule has 0 bridgehead atoms. The van der Waals surface area contributed by atoms with E-state index in [1.54, 1.807) is 6.07 Å². The molecule has 0 saturated carbocycles. The van der Waals surface area contributed by atoms with Crippen molar-refractivity contribution in [3.63, 3.8) is 0 Å². The van der Waals surface area contributed by atoms with Crippen molar-refractivity contribution in [2.45, 2.75) is 32.6 Å². The van der Waals surface area contributed by atoms with Crippen molar-refractivity contribution in [2.75, 3.05) is 13.7 Å². The molecular weight excluding hydrogens is 349 g/mol. The van der Waals surface area contributed by atoms with Gasteiger partial charge in [-0.05, 0) is 23.6 Å². The molecule has 1 amide bonds. The third kappa shape index (κ3) is 7.27. The van der Waals surface area contributed by atoms with Gasteiger partial charge in [-0.15, -0.1) is 12.4 Å². The first-order chi connectivity index (χ1) is 10.6. The first-order valence-electron chi connectivity index (χ1n) is 7.03. The summed E-state index contributed by atoms with van der Waals surface area (Å²) in [6, 6.07) is 3.81. The van der Waals surface area contributed by atoms with Crippen molar-refractivity contribution in [2.24, 2.45) is 11.7 Å². The number of nitrogens with two attached hydrogens (primary N) is 1. The molecule has 5 nitrogen and oxygen atoms in total. The molecule has 0 aliphatic heterocycles. The normalized spacial score (nSPS) is 12.3. The lowest BCUT2D eigenvalue weighted by atomic mass is 10.0. The summed E-state index contributed by atoms with van der Waals surface area (Å²) in [6.45, 7) is 2.46. The van der Waals surface area contributed by atoms with Gasteiger partial charge in [-0.25, -0.2) is 0 Å². The fourth-order valence-corrected chi connectivity index (χ4v) is 1.71. The van der Waals surface area contributed by atoms with Gasteiger partial charge in [0.1, 0.15) is 0 Å². The Morgan fingerprint density at radius 3 is 2.42 bits per heavy atom. The Kier molecular flexibility index (Phi) is 8.92. The molecular formula is C15H22ClF3N2O3. The number of nitrogens with one attached hydrogen (secondary N) is 1. The number of rotatable bonds is 7. The molecule has 0 unspecified atom stereocenters. The van der Waals surface area contributed by atoms with E-state index in [0.29, 0.717) is 5.56 Å². The van der Waals surface area contributed by atoms with E-state index in [2.05, 4.69) is 10.1 Å². The lowest BCUT2D eigenvalue weighted by molar-refractivity contribution is -0.153. The number of ether oxygens (including phenoxy) is 2. The third-order valence-electron chi connectivity index (χ3n) is 3.11. The average Bonchev–Trinajstić information content (AvgIpc) is 2.49. The highest BCUT2D eigenvalue weighted by molar-refractivity contribution is 5.85. The topological polar surface area (TPSA) is 73.6 Å². The number of halogens is 4. The number of methoxy groups -OCH3 is 1. The minimum atomic E-state index is -4.43. The van der Waals surface area contributed by atoms with E-state index in [4.69, 9.17) is 10.5 Å². The minimum absolute atomic E-state index is 0. The van der Waals surface area contributed by atoms with Crippen molar-refractivity contribution >= 4 is 18.3 Å². The van der Waals surface area contributed by atoms with E-state index in [0.717, 1.165) is 0 Å². The van der Waals surface area contributed by atoms with Crippen LogP contribution in [0.5, 0.6) is 11.5 Å². The van der Waals surface area contributed by atoms with Crippen LogP contribution in [0.4, 0.5) is 13.2 Å². The zero-order valence-electron chi connectivity index (χ0n) is 13.6. The first-order valence-corrected chi connectivity index (χ1v) is 7.03. The standard InChI is InChI=1S/C15H21F3N2O3.ClH/c1-9(2)13(19)14(21)20-7-10-4-5-11(12(6-10)22-3)23-8-15(16,17)18;/h4-6,9,13H,7-8,19H2,1-3H3,(H,20,21);1H/t13-;/m0./s1. The van der Waals surface area contributed by atoms with Crippen molar-refractivity contribution < 1.29 is 27.4 Å². The Balaban J connectivity index is 0.00000529. The predicted molar refractivity (Wildman–Crippen MR) is 86.5 cm³/mol. The highest BCUT2D eigenvalue weighted by Gasteiger charge is 2.29. The lowest BCUT2D eigenvalue weighted by Crippen LogP contribution is -2.43. The molecule has 0 aliphatic rings. The number of benzene rings is 1. The number of hydrogen-bond donors (Lipinski definition) is 2. The second-order valence-electron chi connectivity index (χ2n) is 5.38. The van der Waals surface area contributed by atoms with Gasteiger partial charge < -0.3 is 20.5 Å². The van der Waals surface area contributed by atoms with E-state index < -0.39 is 18.8 Å². The average molecular weight is 371 g/mol. The molecule has 0 aromatic heterocycles. The Morgan fingerprint density at radius 2 is 1.92 bits per heavy atom. The maximum Gasteiger partial charge on any atom is 0.422 e. The molecule has 3 N–H and O–H groups in total. The van der Waals surface area contributed by atoms with Crippen molar-refractivity contribution in [1.29, 1.82) is 0 Å². The van der Waals surface area contributed by atoms with Gasteiger partial charge >= 0.3 is 6.18 Å². The smallest absolute Gasteiger partial charge is 0.422 e. The minimum Gasteiger partial charge on any atom is -0.493 e. The molecule has 0 aliphatic carbocycles. The van der Waals surface area contributed by atoms with Crippen LogP contribution < -0.4 is 20.5 Å². The van der Waals surface area contributed by atoms with Crippen LogP contribution in [0.15, 0.2) is 18.2 Å². The Labute approximate surface area is 145 Å². The molecule has 24 heavy (non-hydrogen) atoms. The van der Waals surface area contributed by atoms with Gasteiger partial charge in [0.25, 0.3) is 0 Å². The Morgan fingerprint density at radius 1 is 1.29 bits per heavy atom. The van der Waals surface area contributed by atoms with Crippen molar-refractivity contribution in [3.8, 4) is 11.5 Å². The molecule has 0 saturated heterocycles. The molecule has 1 atom stereocenters. The molecule has 1 aromatic carbocycles.